The summed E-state index contributed by atoms with van der Waals surface area (Å²) in [5, 5.41) is 10.1. The van der Waals surface area contributed by atoms with Crippen LogP contribution in [0.2, 0.25) is 0 Å². The first-order chi connectivity index (χ1) is 5.77. The van der Waals surface area contributed by atoms with E-state index >= 15 is 0 Å². The lowest BCUT2D eigenvalue weighted by atomic mass is 10.1. The normalized spacial score (nSPS) is 28.5. The third-order valence-corrected chi connectivity index (χ3v) is 2.41. The fraction of sp³-hybridized carbons (Fsp3) is 0.556. The van der Waals surface area contributed by atoms with Crippen LogP contribution in [0.1, 0.15) is 20.3 Å². The highest BCUT2D eigenvalue weighted by atomic mass is 15.2. The zero-order chi connectivity index (χ0) is 8.55. The Balaban J connectivity index is 2.22. The van der Waals surface area contributed by atoms with Crippen LogP contribution in [0.25, 0.3) is 0 Å². The molecular formula is C9H15N3. The molecule has 3 nitrogen and oxygen atoms in total. The van der Waals surface area contributed by atoms with E-state index in [1.165, 1.54) is 17.1 Å². The molecule has 1 unspecified atom stereocenters. The van der Waals surface area contributed by atoms with Crippen molar-refractivity contribution in [3.05, 3.63) is 23.2 Å². The Morgan fingerprint density at radius 2 is 2.33 bits per heavy atom. The van der Waals surface area contributed by atoms with Gasteiger partial charge >= 0.3 is 0 Å². The first-order valence-corrected chi connectivity index (χ1v) is 4.41. The molecule has 0 bridgehead atoms. The Labute approximate surface area is 72.9 Å². The van der Waals surface area contributed by atoms with E-state index < -0.39 is 0 Å². The van der Waals surface area contributed by atoms with Gasteiger partial charge in [-0.05, 0) is 13.8 Å². The fourth-order valence-electron chi connectivity index (χ4n) is 1.65. The van der Waals surface area contributed by atoms with Crippen LogP contribution in [-0.2, 0) is 0 Å². The lowest BCUT2D eigenvalue weighted by Gasteiger charge is -2.31. The Morgan fingerprint density at radius 3 is 3.17 bits per heavy atom. The van der Waals surface area contributed by atoms with Crippen molar-refractivity contribution in [1.29, 1.82) is 0 Å². The number of allylic oxidation sites excluding steroid dienone is 2. The van der Waals surface area contributed by atoms with Crippen LogP contribution in [0.4, 0.5) is 0 Å². The molecule has 2 aliphatic rings. The van der Waals surface area contributed by atoms with Crippen LogP contribution < -0.4 is 16.0 Å². The summed E-state index contributed by atoms with van der Waals surface area (Å²) in [5.74, 6) is 0. The molecule has 66 valence electrons. The average molecular weight is 165 g/mol. The molecule has 3 N–H and O–H groups in total. The van der Waals surface area contributed by atoms with Gasteiger partial charge in [-0.15, -0.1) is 0 Å². The van der Waals surface area contributed by atoms with Gasteiger partial charge < -0.3 is 10.6 Å². The van der Waals surface area contributed by atoms with Crippen LogP contribution in [0.3, 0.4) is 0 Å². The predicted octanol–water partition coefficient (Wildman–Crippen LogP) is 0.634. The van der Waals surface area contributed by atoms with Crippen LogP contribution in [0, 0.1) is 0 Å². The maximum Gasteiger partial charge on any atom is 0.0656 e. The minimum atomic E-state index is 0.449. The van der Waals surface area contributed by atoms with Crippen LogP contribution in [0.5, 0.6) is 0 Å². The van der Waals surface area contributed by atoms with Crippen LogP contribution in [-0.4, -0.2) is 12.7 Å². The summed E-state index contributed by atoms with van der Waals surface area (Å²) in [7, 11) is 0. The molecule has 0 aliphatic carbocycles. The predicted molar refractivity (Wildman–Crippen MR) is 49.1 cm³/mol. The molecular weight excluding hydrogens is 150 g/mol. The largest absolute Gasteiger partial charge is 0.374 e. The Kier molecular flexibility index (Phi) is 1.81. The van der Waals surface area contributed by atoms with Crippen LogP contribution in [0.15, 0.2) is 23.2 Å². The van der Waals surface area contributed by atoms with Gasteiger partial charge in [0.25, 0.3) is 0 Å². The van der Waals surface area contributed by atoms with Crippen molar-refractivity contribution in [2.75, 3.05) is 6.67 Å². The maximum atomic E-state index is 3.38. The lowest BCUT2D eigenvalue weighted by Crippen LogP contribution is -2.47. The standard InChI is InChI=1S/C9H15N3/c1-6-3-4-8-9(12-6)7(2)10-5-11-8/h3,7,10-12H,4-5H2,1-2H3. The molecule has 0 amide bonds. The number of dihydropyridines is 1. The summed E-state index contributed by atoms with van der Waals surface area (Å²) in [6.45, 7) is 5.17. The number of nitrogens with one attached hydrogen (secondary N) is 3. The third-order valence-electron chi connectivity index (χ3n) is 2.41. The molecule has 0 aromatic heterocycles. The number of hydrogen-bond acceptors (Lipinski definition) is 3. The van der Waals surface area contributed by atoms with Crippen molar-refractivity contribution in [3.63, 3.8) is 0 Å². The molecule has 2 rings (SSSR count). The van der Waals surface area contributed by atoms with E-state index in [1.54, 1.807) is 0 Å². The monoisotopic (exact) mass is 165 g/mol. The van der Waals surface area contributed by atoms with Crippen molar-refractivity contribution < 1.29 is 0 Å². The van der Waals surface area contributed by atoms with E-state index in [4.69, 9.17) is 0 Å². The van der Waals surface area contributed by atoms with Gasteiger partial charge in [0.2, 0.25) is 0 Å². The SMILES string of the molecule is CC1=CCC2=C(N1)C(C)NCN2. The van der Waals surface area contributed by atoms with Crippen molar-refractivity contribution in [1.82, 2.24) is 16.0 Å². The van der Waals surface area contributed by atoms with E-state index in [-0.39, 0.29) is 0 Å². The first kappa shape index (κ1) is 7.68. The number of hydrogen-bond donors (Lipinski definition) is 3. The first-order valence-electron chi connectivity index (χ1n) is 4.41. The smallest absolute Gasteiger partial charge is 0.0656 e. The van der Waals surface area contributed by atoms with E-state index in [0.29, 0.717) is 6.04 Å². The topological polar surface area (TPSA) is 36.1 Å². The molecule has 0 spiro atoms. The van der Waals surface area contributed by atoms with Crippen molar-refractivity contribution in [3.8, 4) is 0 Å². The van der Waals surface area contributed by atoms with Crippen LogP contribution >= 0.6 is 0 Å². The molecule has 12 heavy (non-hydrogen) atoms. The molecule has 0 aromatic carbocycles. The second-order valence-electron chi connectivity index (χ2n) is 3.39. The van der Waals surface area contributed by atoms with Gasteiger partial charge in [-0.2, -0.15) is 0 Å². The van der Waals surface area contributed by atoms with Gasteiger partial charge in [0.1, 0.15) is 0 Å². The second kappa shape index (κ2) is 2.83. The van der Waals surface area contributed by atoms with Crippen molar-refractivity contribution in [2.24, 2.45) is 0 Å². The minimum Gasteiger partial charge on any atom is -0.374 e. The lowest BCUT2D eigenvalue weighted by molar-refractivity contribution is 0.494. The molecule has 0 aromatic rings. The van der Waals surface area contributed by atoms with Gasteiger partial charge in [-0.25, -0.2) is 0 Å². The summed E-state index contributed by atoms with van der Waals surface area (Å²) in [6, 6.07) is 0.449. The third kappa shape index (κ3) is 1.20. The highest BCUT2D eigenvalue weighted by Gasteiger charge is 2.20. The van der Waals surface area contributed by atoms with Gasteiger partial charge in [0.05, 0.1) is 12.4 Å². The molecule has 0 saturated carbocycles. The molecule has 2 heterocycles. The molecule has 3 heteroatoms. The maximum absolute atomic E-state index is 3.38. The fourth-order valence-corrected chi connectivity index (χ4v) is 1.65. The molecule has 0 saturated heterocycles. The summed E-state index contributed by atoms with van der Waals surface area (Å²) in [4.78, 5) is 0. The molecule has 0 fully saturated rings. The Bertz CT molecular complexity index is 252. The molecule has 0 radical (unpaired) electrons. The second-order valence-corrected chi connectivity index (χ2v) is 3.39. The number of rotatable bonds is 0. The minimum absolute atomic E-state index is 0.449. The Morgan fingerprint density at radius 1 is 1.50 bits per heavy atom. The zero-order valence-corrected chi connectivity index (χ0v) is 7.57. The van der Waals surface area contributed by atoms with Crippen molar-refractivity contribution >= 4 is 0 Å². The Hall–Kier alpha value is -0.960. The summed E-state index contributed by atoms with van der Waals surface area (Å²) in [5.41, 5.74) is 3.90. The highest BCUT2D eigenvalue weighted by Crippen LogP contribution is 2.17. The van der Waals surface area contributed by atoms with E-state index in [2.05, 4.69) is 35.9 Å². The summed E-state index contributed by atoms with van der Waals surface area (Å²) < 4.78 is 0. The van der Waals surface area contributed by atoms with E-state index in [9.17, 15) is 0 Å². The summed E-state index contributed by atoms with van der Waals surface area (Å²) >= 11 is 0. The average Bonchev–Trinajstić information content (AvgIpc) is 2.07. The highest BCUT2D eigenvalue weighted by molar-refractivity contribution is 5.29. The van der Waals surface area contributed by atoms with E-state index in [0.717, 1.165) is 13.1 Å². The van der Waals surface area contributed by atoms with Gasteiger partial charge in [0.15, 0.2) is 0 Å². The quantitative estimate of drug-likeness (QED) is 0.493. The van der Waals surface area contributed by atoms with Gasteiger partial charge in [-0.3, -0.25) is 5.32 Å². The zero-order valence-electron chi connectivity index (χ0n) is 7.57. The molecule has 2 aliphatic heterocycles. The summed E-state index contributed by atoms with van der Waals surface area (Å²) in [6.07, 6.45) is 3.25. The van der Waals surface area contributed by atoms with Gasteiger partial charge in [0, 0.05) is 23.9 Å². The van der Waals surface area contributed by atoms with Gasteiger partial charge in [-0.1, -0.05) is 6.08 Å². The molecule has 1 atom stereocenters. The van der Waals surface area contributed by atoms with E-state index in [1.807, 2.05) is 0 Å². The van der Waals surface area contributed by atoms with Crippen molar-refractivity contribution in [2.45, 2.75) is 26.3 Å².